The Bertz CT molecular complexity index is 827. The number of alkyl halides is 3. The number of rotatable bonds is 2. The van der Waals surface area contributed by atoms with Gasteiger partial charge in [0.1, 0.15) is 0 Å². The third kappa shape index (κ3) is 2.25. The average Bonchev–Trinajstić information content (AvgIpc) is 2.85. The maximum absolute atomic E-state index is 13.1. The molecule has 0 unspecified atom stereocenters. The number of nitrogens with zero attached hydrogens (tertiary/aromatic N) is 4. The van der Waals surface area contributed by atoms with Crippen molar-refractivity contribution >= 4 is 34.1 Å². The van der Waals surface area contributed by atoms with Gasteiger partial charge >= 0.3 is 6.18 Å². The molecule has 0 radical (unpaired) electrons. The van der Waals surface area contributed by atoms with E-state index in [1.54, 1.807) is 12.1 Å². The molecule has 0 amide bonds. The molecular weight excluding hydrogens is 307 g/mol. The van der Waals surface area contributed by atoms with Gasteiger partial charge in [-0.2, -0.15) is 13.2 Å². The van der Waals surface area contributed by atoms with Crippen LogP contribution >= 0.6 is 11.6 Å². The van der Waals surface area contributed by atoms with Crippen LogP contribution in [0, 0.1) is 0 Å². The highest BCUT2D eigenvalue weighted by atomic mass is 35.5. The van der Waals surface area contributed by atoms with Crippen molar-refractivity contribution in [3.63, 3.8) is 0 Å². The first-order valence-electron chi connectivity index (χ1n) is 6.07. The van der Waals surface area contributed by atoms with Gasteiger partial charge in [0.15, 0.2) is 5.82 Å². The number of anilines is 1. The largest absolute Gasteiger partial charge is 0.452 e. The minimum Gasteiger partial charge on any atom is -0.367 e. The topological polar surface area (TPSA) is 55.1 Å². The van der Waals surface area contributed by atoms with Gasteiger partial charge in [-0.1, -0.05) is 11.6 Å². The zero-order chi connectivity index (χ0) is 15.2. The molecule has 9 heteroatoms. The summed E-state index contributed by atoms with van der Waals surface area (Å²) in [5.74, 6) is -0.860. The van der Waals surface area contributed by atoms with Crippen molar-refractivity contribution in [3.8, 4) is 0 Å². The first kappa shape index (κ1) is 13.9. The van der Waals surface area contributed by atoms with Gasteiger partial charge in [-0.15, -0.1) is 10.2 Å². The number of hydrogen-bond acceptors (Lipinski definition) is 4. The summed E-state index contributed by atoms with van der Waals surface area (Å²) in [7, 11) is 0. The van der Waals surface area contributed by atoms with E-state index in [1.807, 2.05) is 6.92 Å². The Morgan fingerprint density at radius 1 is 1.29 bits per heavy atom. The standard InChI is InChI=1S/C12H9ClF3N5/c1-2-17-9-10-19-20-11(12(14,15)16)21(10)8-5-6(13)3-4-7(8)18-9/h3-5H,2H2,1H3,(H,17,18). The van der Waals surface area contributed by atoms with Crippen molar-refractivity contribution in [2.24, 2.45) is 0 Å². The molecule has 2 heterocycles. The Labute approximate surface area is 121 Å². The Morgan fingerprint density at radius 3 is 2.71 bits per heavy atom. The van der Waals surface area contributed by atoms with E-state index in [-0.39, 0.29) is 17.0 Å². The van der Waals surface area contributed by atoms with Gasteiger partial charge in [0, 0.05) is 11.6 Å². The third-order valence-corrected chi connectivity index (χ3v) is 3.12. The molecule has 0 aliphatic rings. The van der Waals surface area contributed by atoms with Crippen LogP contribution < -0.4 is 5.32 Å². The van der Waals surface area contributed by atoms with Gasteiger partial charge in [-0.3, -0.25) is 4.40 Å². The van der Waals surface area contributed by atoms with Gasteiger partial charge in [0.25, 0.3) is 0 Å². The van der Waals surface area contributed by atoms with E-state index in [0.29, 0.717) is 17.1 Å². The van der Waals surface area contributed by atoms with Crippen LogP contribution in [0.15, 0.2) is 18.2 Å². The molecule has 3 aromatic rings. The van der Waals surface area contributed by atoms with Crippen molar-refractivity contribution in [1.82, 2.24) is 19.6 Å². The molecular formula is C12H9ClF3N5. The number of aromatic nitrogens is 4. The quantitative estimate of drug-likeness (QED) is 0.787. The highest BCUT2D eigenvalue weighted by Gasteiger charge is 2.38. The van der Waals surface area contributed by atoms with Gasteiger partial charge in [0.2, 0.25) is 11.5 Å². The molecule has 2 aromatic heterocycles. The van der Waals surface area contributed by atoms with Crippen LogP contribution in [0.1, 0.15) is 12.7 Å². The summed E-state index contributed by atoms with van der Waals surface area (Å²) in [6.07, 6.45) is -4.63. The van der Waals surface area contributed by atoms with Crippen LogP contribution in [-0.4, -0.2) is 26.1 Å². The van der Waals surface area contributed by atoms with Crippen LogP contribution in [-0.2, 0) is 6.18 Å². The smallest absolute Gasteiger partial charge is 0.367 e. The molecule has 110 valence electrons. The molecule has 0 saturated carbocycles. The van der Waals surface area contributed by atoms with Gasteiger partial charge in [0.05, 0.1) is 11.0 Å². The number of halogens is 4. The predicted octanol–water partition coefficient (Wildman–Crippen LogP) is 3.38. The highest BCUT2D eigenvalue weighted by Crippen LogP contribution is 2.32. The van der Waals surface area contributed by atoms with Crippen LogP contribution in [0.2, 0.25) is 5.02 Å². The van der Waals surface area contributed by atoms with Crippen LogP contribution in [0.25, 0.3) is 16.7 Å². The molecule has 3 rings (SSSR count). The van der Waals surface area contributed by atoms with E-state index in [0.717, 1.165) is 4.40 Å². The molecule has 5 nitrogen and oxygen atoms in total. The van der Waals surface area contributed by atoms with E-state index >= 15 is 0 Å². The van der Waals surface area contributed by atoms with Gasteiger partial charge < -0.3 is 5.32 Å². The van der Waals surface area contributed by atoms with Crippen LogP contribution in [0.3, 0.4) is 0 Å². The predicted molar refractivity (Wildman–Crippen MR) is 72.5 cm³/mol. The maximum Gasteiger partial charge on any atom is 0.452 e. The Kier molecular flexibility index (Phi) is 3.12. The second-order valence-corrected chi connectivity index (χ2v) is 4.74. The fourth-order valence-corrected chi connectivity index (χ4v) is 2.24. The Balaban J connectivity index is 2.48. The first-order valence-corrected chi connectivity index (χ1v) is 6.45. The molecule has 0 aliphatic carbocycles. The summed E-state index contributed by atoms with van der Waals surface area (Å²) in [5.41, 5.74) is 0.587. The average molecular weight is 316 g/mol. The summed E-state index contributed by atoms with van der Waals surface area (Å²) in [6, 6.07) is 4.53. The van der Waals surface area contributed by atoms with Crippen molar-refractivity contribution in [2.75, 3.05) is 11.9 Å². The van der Waals surface area contributed by atoms with E-state index < -0.39 is 12.0 Å². The molecule has 0 fully saturated rings. The lowest BCUT2D eigenvalue weighted by atomic mass is 10.3. The third-order valence-electron chi connectivity index (χ3n) is 2.88. The second-order valence-electron chi connectivity index (χ2n) is 4.30. The summed E-state index contributed by atoms with van der Waals surface area (Å²) >= 11 is 5.87. The zero-order valence-corrected chi connectivity index (χ0v) is 11.5. The lowest BCUT2D eigenvalue weighted by Crippen LogP contribution is -2.12. The lowest BCUT2D eigenvalue weighted by Gasteiger charge is -2.10. The van der Waals surface area contributed by atoms with E-state index in [1.165, 1.54) is 6.07 Å². The fourth-order valence-electron chi connectivity index (χ4n) is 2.08. The maximum atomic E-state index is 13.1. The fraction of sp³-hybridized carbons (Fsp3) is 0.250. The summed E-state index contributed by atoms with van der Waals surface area (Å²) in [6.45, 7) is 2.31. The van der Waals surface area contributed by atoms with E-state index in [4.69, 9.17) is 11.6 Å². The minimum atomic E-state index is -4.63. The monoisotopic (exact) mass is 315 g/mol. The molecule has 0 atom stereocenters. The molecule has 0 bridgehead atoms. The molecule has 0 aliphatic heterocycles. The van der Waals surface area contributed by atoms with Crippen molar-refractivity contribution < 1.29 is 13.2 Å². The van der Waals surface area contributed by atoms with Gasteiger partial charge in [-0.05, 0) is 25.1 Å². The van der Waals surface area contributed by atoms with Crippen molar-refractivity contribution in [3.05, 3.63) is 29.0 Å². The van der Waals surface area contributed by atoms with E-state index in [9.17, 15) is 13.2 Å². The first-order chi connectivity index (χ1) is 9.91. The lowest BCUT2D eigenvalue weighted by molar-refractivity contribution is -0.145. The minimum absolute atomic E-state index is 0.0129. The van der Waals surface area contributed by atoms with Crippen LogP contribution in [0.4, 0.5) is 19.0 Å². The van der Waals surface area contributed by atoms with E-state index in [2.05, 4.69) is 20.5 Å². The van der Waals surface area contributed by atoms with Crippen LogP contribution in [0.5, 0.6) is 0 Å². The molecule has 1 aromatic carbocycles. The number of benzene rings is 1. The molecule has 1 N–H and O–H groups in total. The second kappa shape index (κ2) is 4.73. The van der Waals surface area contributed by atoms with Crippen molar-refractivity contribution in [1.29, 1.82) is 0 Å². The summed E-state index contributed by atoms with van der Waals surface area (Å²) in [4.78, 5) is 4.27. The summed E-state index contributed by atoms with van der Waals surface area (Å²) in [5, 5.41) is 10.1. The zero-order valence-electron chi connectivity index (χ0n) is 10.7. The number of fused-ring (bicyclic) bond motifs is 3. The molecule has 0 spiro atoms. The normalized spacial score (nSPS) is 12.2. The van der Waals surface area contributed by atoms with Gasteiger partial charge in [-0.25, -0.2) is 4.98 Å². The number of hydrogen-bond donors (Lipinski definition) is 1. The molecule has 21 heavy (non-hydrogen) atoms. The number of nitrogens with one attached hydrogen (secondary N) is 1. The summed E-state index contributed by atoms with van der Waals surface area (Å²) < 4.78 is 40.2. The van der Waals surface area contributed by atoms with Crippen molar-refractivity contribution in [2.45, 2.75) is 13.1 Å². The Morgan fingerprint density at radius 2 is 2.05 bits per heavy atom. The Hall–Kier alpha value is -2.09. The SMILES string of the molecule is CCNc1nc2ccc(Cl)cc2n2c(C(F)(F)F)nnc12. The highest BCUT2D eigenvalue weighted by molar-refractivity contribution is 6.31. The molecule has 0 saturated heterocycles.